The number of nitrogens with one attached hydrogen (secondary N) is 1. The maximum Gasteiger partial charge on any atom is 0.315 e. The second kappa shape index (κ2) is 5.32. The molecule has 0 aliphatic heterocycles. The van der Waals surface area contributed by atoms with Crippen molar-refractivity contribution in [3.8, 4) is 0 Å². The molecule has 2 aromatic heterocycles. The van der Waals surface area contributed by atoms with E-state index in [2.05, 4.69) is 33.9 Å². The molecule has 0 unspecified atom stereocenters. The maximum atomic E-state index is 5.58. The van der Waals surface area contributed by atoms with Gasteiger partial charge in [0.25, 0.3) is 0 Å². The van der Waals surface area contributed by atoms with E-state index in [1.165, 1.54) is 10.4 Å². The SMILES string of the molecule is Cc1ccsc1CNc1nnc(CCCl)o1. The first-order chi connectivity index (χ1) is 7.79. The van der Waals surface area contributed by atoms with Crippen LogP contribution in [0.3, 0.4) is 0 Å². The van der Waals surface area contributed by atoms with E-state index in [4.69, 9.17) is 16.0 Å². The number of hydrogen-bond acceptors (Lipinski definition) is 5. The summed E-state index contributed by atoms with van der Waals surface area (Å²) < 4.78 is 5.35. The highest BCUT2D eigenvalue weighted by atomic mass is 35.5. The van der Waals surface area contributed by atoms with Crippen molar-refractivity contribution in [3.05, 3.63) is 27.8 Å². The van der Waals surface area contributed by atoms with Crippen molar-refractivity contribution in [3.63, 3.8) is 0 Å². The molecule has 16 heavy (non-hydrogen) atoms. The molecular weight excluding hydrogens is 246 g/mol. The number of alkyl halides is 1. The van der Waals surface area contributed by atoms with Gasteiger partial charge in [-0.05, 0) is 23.9 Å². The predicted octanol–water partition coefficient (Wildman–Crippen LogP) is 2.83. The maximum absolute atomic E-state index is 5.58. The van der Waals surface area contributed by atoms with Gasteiger partial charge in [0.1, 0.15) is 0 Å². The molecule has 0 aliphatic rings. The van der Waals surface area contributed by atoms with Gasteiger partial charge >= 0.3 is 6.01 Å². The van der Waals surface area contributed by atoms with Gasteiger partial charge < -0.3 is 9.73 Å². The van der Waals surface area contributed by atoms with Crippen LogP contribution in [0.1, 0.15) is 16.3 Å². The minimum Gasteiger partial charge on any atom is -0.408 e. The Morgan fingerprint density at radius 2 is 2.38 bits per heavy atom. The van der Waals surface area contributed by atoms with Crippen molar-refractivity contribution in [2.24, 2.45) is 0 Å². The van der Waals surface area contributed by atoms with Crippen LogP contribution < -0.4 is 5.32 Å². The van der Waals surface area contributed by atoms with Gasteiger partial charge in [-0.3, -0.25) is 0 Å². The minimum atomic E-state index is 0.452. The van der Waals surface area contributed by atoms with Crippen LogP contribution in [0, 0.1) is 6.92 Å². The fourth-order valence-electron chi connectivity index (χ4n) is 1.25. The lowest BCUT2D eigenvalue weighted by Crippen LogP contribution is -1.98. The molecule has 86 valence electrons. The number of nitrogens with zero attached hydrogens (tertiary/aromatic N) is 2. The van der Waals surface area contributed by atoms with E-state index in [9.17, 15) is 0 Å². The molecule has 0 atom stereocenters. The van der Waals surface area contributed by atoms with E-state index in [0.29, 0.717) is 30.8 Å². The van der Waals surface area contributed by atoms with Crippen molar-refractivity contribution in [2.75, 3.05) is 11.2 Å². The Hall–Kier alpha value is -1.07. The lowest BCUT2D eigenvalue weighted by atomic mass is 10.3. The third-order valence-electron chi connectivity index (χ3n) is 2.14. The third-order valence-corrected chi connectivity index (χ3v) is 3.36. The van der Waals surface area contributed by atoms with Gasteiger partial charge in [-0.1, -0.05) is 5.10 Å². The number of thiophene rings is 1. The normalized spacial score (nSPS) is 10.6. The highest BCUT2D eigenvalue weighted by Crippen LogP contribution is 2.17. The van der Waals surface area contributed by atoms with Gasteiger partial charge in [0, 0.05) is 17.2 Å². The first-order valence-electron chi connectivity index (χ1n) is 4.95. The summed E-state index contributed by atoms with van der Waals surface area (Å²) in [5.74, 6) is 1.06. The zero-order chi connectivity index (χ0) is 11.4. The molecule has 2 aromatic rings. The number of anilines is 1. The van der Waals surface area contributed by atoms with Crippen molar-refractivity contribution >= 4 is 29.0 Å². The first-order valence-corrected chi connectivity index (χ1v) is 6.36. The van der Waals surface area contributed by atoms with Crippen LogP contribution >= 0.6 is 22.9 Å². The molecule has 0 spiro atoms. The fourth-order valence-corrected chi connectivity index (χ4v) is 2.26. The summed E-state index contributed by atoms with van der Waals surface area (Å²) in [4.78, 5) is 1.28. The lowest BCUT2D eigenvalue weighted by Gasteiger charge is -1.99. The van der Waals surface area contributed by atoms with Gasteiger partial charge in [-0.2, -0.15) is 0 Å². The summed E-state index contributed by atoms with van der Waals surface area (Å²) in [6.45, 7) is 2.80. The zero-order valence-electron chi connectivity index (χ0n) is 8.86. The summed E-state index contributed by atoms with van der Waals surface area (Å²) in [7, 11) is 0. The Kier molecular flexibility index (Phi) is 3.79. The highest BCUT2D eigenvalue weighted by Gasteiger charge is 2.06. The van der Waals surface area contributed by atoms with Crippen LogP contribution in [0.25, 0.3) is 0 Å². The molecule has 0 amide bonds. The van der Waals surface area contributed by atoms with Crippen LogP contribution in [-0.2, 0) is 13.0 Å². The van der Waals surface area contributed by atoms with Crippen LogP contribution in [0.15, 0.2) is 15.9 Å². The number of hydrogen-bond donors (Lipinski definition) is 1. The summed E-state index contributed by atoms with van der Waals surface area (Å²) in [5.41, 5.74) is 1.28. The quantitative estimate of drug-likeness (QED) is 0.837. The molecule has 2 rings (SSSR count). The Bertz CT molecular complexity index is 454. The Morgan fingerprint density at radius 3 is 3.06 bits per heavy atom. The van der Waals surface area contributed by atoms with Crippen LogP contribution in [0.4, 0.5) is 6.01 Å². The van der Waals surface area contributed by atoms with E-state index < -0.39 is 0 Å². The summed E-state index contributed by atoms with van der Waals surface area (Å²) in [6, 6.07) is 2.54. The molecule has 6 heteroatoms. The largest absolute Gasteiger partial charge is 0.408 e. The highest BCUT2D eigenvalue weighted by molar-refractivity contribution is 7.10. The second-order valence-corrected chi connectivity index (χ2v) is 4.70. The number of halogens is 1. The van der Waals surface area contributed by atoms with Gasteiger partial charge in [0.15, 0.2) is 0 Å². The standard InChI is InChI=1S/C10H12ClN3OS/c1-7-3-5-16-8(7)6-12-10-14-13-9(15-10)2-4-11/h3,5H,2,4,6H2,1H3,(H,12,14). The monoisotopic (exact) mass is 257 g/mol. The average molecular weight is 258 g/mol. The van der Waals surface area contributed by atoms with Crippen molar-refractivity contribution in [1.82, 2.24) is 10.2 Å². The van der Waals surface area contributed by atoms with E-state index >= 15 is 0 Å². The van der Waals surface area contributed by atoms with Crippen molar-refractivity contribution in [2.45, 2.75) is 19.9 Å². The van der Waals surface area contributed by atoms with Gasteiger partial charge in [0.2, 0.25) is 5.89 Å². The van der Waals surface area contributed by atoms with Gasteiger partial charge in [-0.25, -0.2) is 0 Å². The molecule has 2 heterocycles. The Morgan fingerprint density at radius 1 is 1.50 bits per heavy atom. The van der Waals surface area contributed by atoms with Crippen LogP contribution in [0.2, 0.25) is 0 Å². The molecule has 0 radical (unpaired) electrons. The second-order valence-electron chi connectivity index (χ2n) is 3.32. The topological polar surface area (TPSA) is 51.0 Å². The molecule has 0 fully saturated rings. The van der Waals surface area contributed by atoms with Crippen LogP contribution in [-0.4, -0.2) is 16.1 Å². The smallest absolute Gasteiger partial charge is 0.315 e. The lowest BCUT2D eigenvalue weighted by molar-refractivity contribution is 0.512. The molecule has 0 aliphatic carbocycles. The number of aromatic nitrogens is 2. The van der Waals surface area contributed by atoms with E-state index in [1.54, 1.807) is 11.3 Å². The predicted molar refractivity (Wildman–Crippen MR) is 65.1 cm³/mol. The third kappa shape index (κ3) is 2.74. The molecule has 1 N–H and O–H groups in total. The molecular formula is C10H12ClN3OS. The molecule has 0 saturated heterocycles. The summed E-state index contributed by atoms with van der Waals surface area (Å²) in [6.07, 6.45) is 0.605. The van der Waals surface area contributed by atoms with Crippen LogP contribution in [0.5, 0.6) is 0 Å². The minimum absolute atomic E-state index is 0.452. The zero-order valence-corrected chi connectivity index (χ0v) is 10.4. The first kappa shape index (κ1) is 11.4. The van der Waals surface area contributed by atoms with Gasteiger partial charge in [0.05, 0.1) is 6.54 Å². The average Bonchev–Trinajstić information content (AvgIpc) is 2.86. The Labute approximate surface area is 103 Å². The fraction of sp³-hybridized carbons (Fsp3) is 0.400. The van der Waals surface area contributed by atoms with E-state index in [1.807, 2.05) is 0 Å². The summed E-state index contributed by atoms with van der Waals surface area (Å²) in [5, 5.41) is 12.9. The van der Waals surface area contributed by atoms with Gasteiger partial charge in [-0.15, -0.1) is 28.0 Å². The van der Waals surface area contributed by atoms with Crippen molar-refractivity contribution in [1.29, 1.82) is 0 Å². The molecule has 0 aromatic carbocycles. The number of aryl methyl sites for hydroxylation is 2. The molecule has 0 bridgehead atoms. The van der Waals surface area contributed by atoms with E-state index in [-0.39, 0.29) is 0 Å². The molecule has 0 saturated carbocycles. The molecule has 4 nitrogen and oxygen atoms in total. The Balaban J connectivity index is 1.92. The van der Waals surface area contributed by atoms with Crippen molar-refractivity contribution < 1.29 is 4.42 Å². The van der Waals surface area contributed by atoms with E-state index in [0.717, 1.165) is 0 Å². The number of rotatable bonds is 5. The summed E-state index contributed by atoms with van der Waals surface area (Å²) >= 11 is 7.29.